The predicted octanol–water partition coefficient (Wildman–Crippen LogP) is 2.30. The molecule has 2 unspecified atom stereocenters. The molecule has 0 aromatic heterocycles. The molecule has 0 spiro atoms. The summed E-state index contributed by atoms with van der Waals surface area (Å²) in [5.41, 5.74) is 9.62. The number of hydrogen-bond acceptors (Lipinski definition) is 2. The van der Waals surface area contributed by atoms with Gasteiger partial charge >= 0.3 is 0 Å². The van der Waals surface area contributed by atoms with E-state index in [9.17, 15) is 0 Å². The molecule has 2 heteroatoms. The van der Waals surface area contributed by atoms with E-state index < -0.39 is 0 Å². The van der Waals surface area contributed by atoms with E-state index in [4.69, 9.17) is 5.73 Å². The predicted molar refractivity (Wildman–Crippen MR) is 66.0 cm³/mol. The lowest BCUT2D eigenvalue weighted by molar-refractivity contribution is 0.484. The summed E-state index contributed by atoms with van der Waals surface area (Å²) in [4.78, 5) is 0. The maximum Gasteiger partial charge on any atom is 0.0297 e. The average Bonchev–Trinajstić information content (AvgIpc) is 2.21. The van der Waals surface area contributed by atoms with E-state index in [0.717, 1.165) is 0 Å². The fourth-order valence-electron chi connectivity index (χ4n) is 1.81. The molecule has 0 saturated heterocycles. The molecule has 1 rings (SSSR count). The molecule has 0 amide bonds. The molecule has 2 nitrogen and oxygen atoms in total. The summed E-state index contributed by atoms with van der Waals surface area (Å²) in [6.45, 7) is 9.26. The van der Waals surface area contributed by atoms with Crippen LogP contribution in [0.3, 0.4) is 0 Å². The van der Waals surface area contributed by atoms with Crippen LogP contribution in [-0.4, -0.2) is 12.6 Å². The van der Waals surface area contributed by atoms with Crippen molar-refractivity contribution >= 4 is 0 Å². The van der Waals surface area contributed by atoms with E-state index in [1.807, 2.05) is 0 Å². The maximum atomic E-state index is 5.60. The van der Waals surface area contributed by atoms with Gasteiger partial charge in [-0.2, -0.15) is 0 Å². The first-order chi connectivity index (χ1) is 7.04. The first kappa shape index (κ1) is 12.2. The van der Waals surface area contributed by atoms with Crippen molar-refractivity contribution in [2.45, 2.75) is 39.8 Å². The summed E-state index contributed by atoms with van der Waals surface area (Å²) >= 11 is 0. The van der Waals surface area contributed by atoms with Gasteiger partial charge in [0.25, 0.3) is 0 Å². The van der Waals surface area contributed by atoms with Crippen molar-refractivity contribution in [1.82, 2.24) is 5.32 Å². The van der Waals surface area contributed by atoms with Gasteiger partial charge < -0.3 is 11.1 Å². The van der Waals surface area contributed by atoms with Crippen LogP contribution in [0.25, 0.3) is 0 Å². The number of aryl methyl sites for hydroxylation is 2. The summed E-state index contributed by atoms with van der Waals surface area (Å²) in [6.07, 6.45) is 0. The van der Waals surface area contributed by atoms with Crippen LogP contribution < -0.4 is 11.1 Å². The van der Waals surface area contributed by atoms with Crippen molar-refractivity contribution in [3.05, 3.63) is 34.9 Å². The molecular weight excluding hydrogens is 184 g/mol. The van der Waals surface area contributed by atoms with Gasteiger partial charge in [0.15, 0.2) is 0 Å². The third kappa shape index (κ3) is 3.33. The molecule has 2 atom stereocenters. The molecule has 0 radical (unpaired) electrons. The van der Waals surface area contributed by atoms with Gasteiger partial charge in [0, 0.05) is 18.6 Å². The van der Waals surface area contributed by atoms with Crippen molar-refractivity contribution < 1.29 is 0 Å². The normalized spacial score (nSPS) is 15.0. The maximum absolute atomic E-state index is 5.60. The zero-order valence-electron chi connectivity index (χ0n) is 10.2. The van der Waals surface area contributed by atoms with Gasteiger partial charge in [-0.25, -0.2) is 0 Å². The van der Waals surface area contributed by atoms with E-state index in [2.05, 4.69) is 51.2 Å². The molecule has 3 N–H and O–H groups in total. The van der Waals surface area contributed by atoms with Gasteiger partial charge in [-0.3, -0.25) is 0 Å². The Morgan fingerprint density at radius 2 is 1.93 bits per heavy atom. The highest BCUT2D eigenvalue weighted by Gasteiger charge is 2.10. The highest BCUT2D eigenvalue weighted by molar-refractivity contribution is 5.32. The standard InChI is InChI=1S/C13H22N2/c1-9-5-6-10(2)13(7-9)12(4)15-11(3)8-14/h5-7,11-12,15H,8,14H2,1-4H3. The van der Waals surface area contributed by atoms with Gasteiger partial charge in [-0.15, -0.1) is 0 Å². The molecule has 0 saturated carbocycles. The minimum absolute atomic E-state index is 0.361. The molecule has 1 aromatic carbocycles. The summed E-state index contributed by atoms with van der Waals surface area (Å²) in [5, 5.41) is 3.49. The smallest absolute Gasteiger partial charge is 0.0297 e. The SMILES string of the molecule is Cc1ccc(C)c(C(C)NC(C)CN)c1. The second-order valence-corrected chi connectivity index (χ2v) is 4.39. The molecule has 0 bridgehead atoms. The number of rotatable bonds is 4. The molecule has 15 heavy (non-hydrogen) atoms. The van der Waals surface area contributed by atoms with Crippen molar-refractivity contribution in [2.24, 2.45) is 5.73 Å². The van der Waals surface area contributed by atoms with Crippen LogP contribution in [0, 0.1) is 13.8 Å². The number of nitrogens with two attached hydrogens (primary N) is 1. The third-order valence-corrected chi connectivity index (χ3v) is 2.79. The van der Waals surface area contributed by atoms with Crippen molar-refractivity contribution in [1.29, 1.82) is 0 Å². The lowest BCUT2D eigenvalue weighted by Gasteiger charge is -2.21. The highest BCUT2D eigenvalue weighted by atomic mass is 15.0. The Labute approximate surface area is 92.9 Å². The highest BCUT2D eigenvalue weighted by Crippen LogP contribution is 2.19. The molecular formula is C13H22N2. The number of benzene rings is 1. The fourth-order valence-corrected chi connectivity index (χ4v) is 1.81. The lowest BCUT2D eigenvalue weighted by atomic mass is 9.99. The van der Waals surface area contributed by atoms with Crippen LogP contribution in [0.4, 0.5) is 0 Å². The van der Waals surface area contributed by atoms with Crippen LogP contribution in [0.5, 0.6) is 0 Å². The summed E-state index contributed by atoms with van der Waals surface area (Å²) < 4.78 is 0. The average molecular weight is 206 g/mol. The van der Waals surface area contributed by atoms with E-state index in [1.54, 1.807) is 0 Å². The molecule has 0 aliphatic heterocycles. The Bertz CT molecular complexity index is 320. The topological polar surface area (TPSA) is 38.0 Å². The summed E-state index contributed by atoms with van der Waals surface area (Å²) in [6, 6.07) is 7.30. The van der Waals surface area contributed by atoms with Crippen LogP contribution in [0.1, 0.15) is 36.6 Å². The first-order valence-electron chi connectivity index (χ1n) is 5.58. The van der Waals surface area contributed by atoms with Gasteiger partial charge in [0.1, 0.15) is 0 Å². The Hall–Kier alpha value is -0.860. The van der Waals surface area contributed by atoms with E-state index in [0.29, 0.717) is 18.6 Å². The van der Waals surface area contributed by atoms with E-state index >= 15 is 0 Å². The van der Waals surface area contributed by atoms with Gasteiger partial charge in [0.2, 0.25) is 0 Å². The number of hydrogen-bond donors (Lipinski definition) is 2. The van der Waals surface area contributed by atoms with E-state index in [-0.39, 0.29) is 0 Å². The zero-order chi connectivity index (χ0) is 11.4. The van der Waals surface area contributed by atoms with Crippen LogP contribution >= 0.6 is 0 Å². The molecule has 1 aromatic rings. The monoisotopic (exact) mass is 206 g/mol. The fraction of sp³-hybridized carbons (Fsp3) is 0.538. The van der Waals surface area contributed by atoms with E-state index in [1.165, 1.54) is 16.7 Å². The van der Waals surface area contributed by atoms with Gasteiger partial charge in [-0.1, -0.05) is 23.8 Å². The molecule has 0 aliphatic rings. The van der Waals surface area contributed by atoms with Gasteiger partial charge in [0.05, 0.1) is 0 Å². The first-order valence-corrected chi connectivity index (χ1v) is 5.58. The summed E-state index contributed by atoms with van der Waals surface area (Å²) in [5.74, 6) is 0. The molecule has 0 heterocycles. The van der Waals surface area contributed by atoms with Crippen molar-refractivity contribution in [3.8, 4) is 0 Å². The Morgan fingerprint density at radius 1 is 1.27 bits per heavy atom. The second kappa shape index (κ2) is 5.29. The van der Waals surface area contributed by atoms with Crippen LogP contribution in [0.2, 0.25) is 0 Å². The quantitative estimate of drug-likeness (QED) is 0.793. The van der Waals surface area contributed by atoms with Crippen LogP contribution in [0.15, 0.2) is 18.2 Å². The minimum atomic E-state index is 0.361. The minimum Gasteiger partial charge on any atom is -0.329 e. The molecule has 0 fully saturated rings. The van der Waals surface area contributed by atoms with Crippen molar-refractivity contribution in [3.63, 3.8) is 0 Å². The second-order valence-electron chi connectivity index (χ2n) is 4.39. The summed E-state index contributed by atoms with van der Waals surface area (Å²) in [7, 11) is 0. The third-order valence-electron chi connectivity index (χ3n) is 2.79. The Morgan fingerprint density at radius 3 is 2.53 bits per heavy atom. The zero-order valence-corrected chi connectivity index (χ0v) is 10.2. The molecule has 0 aliphatic carbocycles. The Balaban J connectivity index is 2.80. The largest absolute Gasteiger partial charge is 0.329 e. The van der Waals surface area contributed by atoms with Gasteiger partial charge in [-0.05, 0) is 38.8 Å². The van der Waals surface area contributed by atoms with Crippen molar-refractivity contribution in [2.75, 3.05) is 6.54 Å². The van der Waals surface area contributed by atoms with Crippen LogP contribution in [-0.2, 0) is 0 Å². The lowest BCUT2D eigenvalue weighted by Crippen LogP contribution is -2.35. The Kier molecular flexibility index (Phi) is 4.30. The molecule has 84 valence electrons. The number of nitrogens with one attached hydrogen (secondary N) is 1.